The zero-order valence-corrected chi connectivity index (χ0v) is 14.8. The van der Waals surface area contributed by atoms with E-state index in [0.29, 0.717) is 28.1 Å². The molecule has 0 saturated heterocycles. The van der Waals surface area contributed by atoms with Gasteiger partial charge in [-0.3, -0.25) is 0 Å². The maximum atomic E-state index is 12.9. The number of hydrogen-bond acceptors (Lipinski definition) is 4. The molecule has 2 heterocycles. The van der Waals surface area contributed by atoms with Gasteiger partial charge in [0.1, 0.15) is 12.1 Å². The van der Waals surface area contributed by atoms with Crippen LogP contribution >= 0.6 is 0 Å². The summed E-state index contributed by atoms with van der Waals surface area (Å²) in [7, 11) is 0. The second-order valence-corrected chi connectivity index (χ2v) is 6.46. The molecule has 0 aliphatic carbocycles. The second kappa shape index (κ2) is 6.60. The molecule has 0 aliphatic rings. The molecule has 0 spiro atoms. The topological polar surface area (TPSA) is 64.7 Å². The normalized spacial score (nSPS) is 11.7. The number of alkyl halides is 3. The largest absolute Gasteiger partial charge is 0.416 e. The van der Waals surface area contributed by atoms with Crippen molar-refractivity contribution in [1.29, 1.82) is 0 Å². The molecule has 28 heavy (non-hydrogen) atoms. The van der Waals surface area contributed by atoms with E-state index in [-0.39, 0.29) is 0 Å². The summed E-state index contributed by atoms with van der Waals surface area (Å²) in [6.07, 6.45) is -3.08. The highest BCUT2D eigenvalue weighted by atomic mass is 19.4. The first-order chi connectivity index (χ1) is 13.3. The predicted octanol–water partition coefficient (Wildman–Crippen LogP) is 5.27. The highest BCUT2D eigenvalue weighted by molar-refractivity contribution is 5.94. The number of hydrogen-bond donors (Lipinski definition) is 1. The molecule has 7 heteroatoms. The lowest BCUT2D eigenvalue weighted by Gasteiger charge is -2.13. The molecule has 2 aromatic carbocycles. The highest BCUT2D eigenvalue weighted by Crippen LogP contribution is 2.36. The fraction of sp³-hybridized carbons (Fsp3) is 0.0952. The van der Waals surface area contributed by atoms with Crippen LogP contribution in [0.15, 0.2) is 60.9 Å². The van der Waals surface area contributed by atoms with Crippen molar-refractivity contribution in [3.05, 3.63) is 72.1 Å². The molecule has 4 aromatic rings. The molecule has 0 fully saturated rings. The quantitative estimate of drug-likeness (QED) is 0.515. The Balaban J connectivity index is 1.95. The lowest BCUT2D eigenvalue weighted by molar-refractivity contribution is -0.137. The van der Waals surface area contributed by atoms with Gasteiger partial charge in [0, 0.05) is 11.1 Å². The maximum absolute atomic E-state index is 12.9. The Labute approximate surface area is 158 Å². The first-order valence-electron chi connectivity index (χ1n) is 8.49. The first-order valence-corrected chi connectivity index (χ1v) is 8.49. The molecule has 0 bridgehead atoms. The van der Waals surface area contributed by atoms with E-state index in [1.807, 2.05) is 37.3 Å². The van der Waals surface area contributed by atoms with Crippen LogP contribution in [0.2, 0.25) is 0 Å². The van der Waals surface area contributed by atoms with E-state index in [2.05, 4.69) is 15.0 Å². The summed E-state index contributed by atoms with van der Waals surface area (Å²) in [5.74, 6) is 0.296. The Hall–Kier alpha value is -3.48. The maximum Gasteiger partial charge on any atom is 0.416 e. The van der Waals surface area contributed by atoms with Gasteiger partial charge < -0.3 is 5.73 Å². The smallest absolute Gasteiger partial charge is 0.383 e. The van der Waals surface area contributed by atoms with E-state index >= 15 is 0 Å². The highest BCUT2D eigenvalue weighted by Gasteiger charge is 2.30. The van der Waals surface area contributed by atoms with Gasteiger partial charge in [-0.25, -0.2) is 15.0 Å². The van der Waals surface area contributed by atoms with Crippen LogP contribution in [-0.2, 0) is 6.18 Å². The minimum absolute atomic E-state index is 0.296. The van der Waals surface area contributed by atoms with Gasteiger partial charge in [0.05, 0.1) is 16.6 Å². The van der Waals surface area contributed by atoms with Gasteiger partial charge >= 0.3 is 6.18 Å². The van der Waals surface area contributed by atoms with Gasteiger partial charge in [-0.15, -0.1) is 0 Å². The molecular weight excluding hydrogens is 365 g/mol. The van der Waals surface area contributed by atoms with Gasteiger partial charge in [0.25, 0.3) is 0 Å². The average Bonchev–Trinajstić information content (AvgIpc) is 2.68. The first kappa shape index (κ1) is 17.9. The molecule has 0 atom stereocenters. The number of pyridine rings is 1. The standard InChI is InChI=1S/C21H15F3N4/c1-12-2-4-13(5-3-12)16-10-17-19(25)26-11-27-20(17)28-18(16)14-6-8-15(9-7-14)21(22,23)24/h2-11H,1H3,(H2,25,26,27,28). The van der Waals surface area contributed by atoms with Crippen molar-refractivity contribution in [2.24, 2.45) is 0 Å². The third-order valence-corrected chi connectivity index (χ3v) is 4.50. The minimum Gasteiger partial charge on any atom is -0.383 e. The van der Waals surface area contributed by atoms with E-state index in [4.69, 9.17) is 5.73 Å². The third kappa shape index (κ3) is 3.26. The summed E-state index contributed by atoms with van der Waals surface area (Å²) in [5, 5.41) is 0.591. The molecule has 0 unspecified atom stereocenters. The number of benzene rings is 2. The molecule has 4 rings (SSSR count). The summed E-state index contributed by atoms with van der Waals surface area (Å²) < 4.78 is 38.7. The van der Waals surface area contributed by atoms with Crippen LogP contribution in [0.3, 0.4) is 0 Å². The Kier molecular flexibility index (Phi) is 4.22. The Morgan fingerprint density at radius 3 is 2.14 bits per heavy atom. The van der Waals surface area contributed by atoms with E-state index in [1.165, 1.54) is 18.5 Å². The molecule has 4 nitrogen and oxygen atoms in total. The van der Waals surface area contributed by atoms with Crippen molar-refractivity contribution in [2.45, 2.75) is 13.1 Å². The minimum atomic E-state index is -4.39. The number of fused-ring (bicyclic) bond motifs is 1. The number of nitrogens with two attached hydrogens (primary N) is 1. The number of aromatic nitrogens is 3. The van der Waals surface area contributed by atoms with Crippen LogP contribution < -0.4 is 5.73 Å². The summed E-state index contributed by atoms with van der Waals surface area (Å²) in [6, 6.07) is 14.6. The van der Waals surface area contributed by atoms with Crippen LogP contribution in [0.1, 0.15) is 11.1 Å². The molecule has 2 aromatic heterocycles. The SMILES string of the molecule is Cc1ccc(-c2cc3c(N)ncnc3nc2-c2ccc(C(F)(F)F)cc2)cc1. The van der Waals surface area contributed by atoms with Crippen molar-refractivity contribution in [1.82, 2.24) is 15.0 Å². The third-order valence-electron chi connectivity index (χ3n) is 4.50. The lowest BCUT2D eigenvalue weighted by atomic mass is 9.97. The monoisotopic (exact) mass is 380 g/mol. The van der Waals surface area contributed by atoms with Gasteiger partial charge in [-0.05, 0) is 30.7 Å². The number of anilines is 1. The molecule has 2 N–H and O–H groups in total. The number of nitrogen functional groups attached to an aromatic ring is 1. The molecule has 0 radical (unpaired) electrons. The van der Waals surface area contributed by atoms with Crippen LogP contribution in [0.25, 0.3) is 33.4 Å². The fourth-order valence-corrected chi connectivity index (χ4v) is 3.00. The molecular formula is C21H15F3N4. The average molecular weight is 380 g/mol. The fourth-order valence-electron chi connectivity index (χ4n) is 3.00. The van der Waals surface area contributed by atoms with Crippen molar-refractivity contribution in [3.63, 3.8) is 0 Å². The molecule has 140 valence electrons. The Bertz CT molecular complexity index is 1150. The van der Waals surface area contributed by atoms with Crippen molar-refractivity contribution < 1.29 is 13.2 Å². The molecule has 0 saturated carbocycles. The van der Waals surface area contributed by atoms with Crippen molar-refractivity contribution in [3.8, 4) is 22.4 Å². The number of halogens is 3. The van der Waals surface area contributed by atoms with Gasteiger partial charge in [-0.1, -0.05) is 42.0 Å². The zero-order valence-electron chi connectivity index (χ0n) is 14.8. The number of rotatable bonds is 2. The van der Waals surface area contributed by atoms with Crippen LogP contribution in [-0.4, -0.2) is 15.0 Å². The lowest BCUT2D eigenvalue weighted by Crippen LogP contribution is -2.04. The number of aryl methyl sites for hydroxylation is 1. The summed E-state index contributed by atoms with van der Waals surface area (Å²) in [4.78, 5) is 12.7. The summed E-state index contributed by atoms with van der Waals surface area (Å²) in [5.41, 5.74) is 9.45. The summed E-state index contributed by atoms with van der Waals surface area (Å²) >= 11 is 0. The van der Waals surface area contributed by atoms with Crippen molar-refractivity contribution >= 4 is 16.9 Å². The second-order valence-electron chi connectivity index (χ2n) is 6.46. The van der Waals surface area contributed by atoms with E-state index in [1.54, 1.807) is 0 Å². The van der Waals surface area contributed by atoms with Gasteiger partial charge in [0.2, 0.25) is 0 Å². The van der Waals surface area contributed by atoms with Gasteiger partial charge in [0.15, 0.2) is 5.65 Å². The van der Waals surface area contributed by atoms with E-state index < -0.39 is 11.7 Å². The zero-order chi connectivity index (χ0) is 19.9. The van der Waals surface area contributed by atoms with Crippen LogP contribution in [0, 0.1) is 6.92 Å². The Morgan fingerprint density at radius 1 is 0.857 bits per heavy atom. The van der Waals surface area contributed by atoms with E-state index in [0.717, 1.165) is 28.8 Å². The van der Waals surface area contributed by atoms with Crippen LogP contribution in [0.4, 0.5) is 19.0 Å². The van der Waals surface area contributed by atoms with Crippen molar-refractivity contribution in [2.75, 3.05) is 5.73 Å². The Morgan fingerprint density at radius 2 is 1.50 bits per heavy atom. The molecule has 0 amide bonds. The predicted molar refractivity (Wildman–Crippen MR) is 102 cm³/mol. The summed E-state index contributed by atoms with van der Waals surface area (Å²) in [6.45, 7) is 1.98. The van der Waals surface area contributed by atoms with Crippen LogP contribution in [0.5, 0.6) is 0 Å². The number of nitrogens with zero attached hydrogens (tertiary/aromatic N) is 3. The molecule has 0 aliphatic heterocycles. The van der Waals surface area contributed by atoms with E-state index in [9.17, 15) is 13.2 Å². The van der Waals surface area contributed by atoms with Gasteiger partial charge in [-0.2, -0.15) is 13.2 Å².